The standard InChI is InChI=1S/C13H18O6S2/c1-3-19-13-7-5-4-6-11(13)12(14)10-21(17,18)9-8-20(2,15)16/h4-7H,3,8-10H2,1-2H3. The third-order valence-corrected chi connectivity index (χ3v) is 5.34. The van der Waals surface area contributed by atoms with Crippen LogP contribution in [-0.4, -0.2) is 52.7 Å². The molecule has 6 nitrogen and oxygen atoms in total. The van der Waals surface area contributed by atoms with Crippen LogP contribution in [0.5, 0.6) is 5.75 Å². The Bertz CT molecular complexity index is 704. The van der Waals surface area contributed by atoms with Crippen LogP contribution in [0.2, 0.25) is 0 Å². The molecule has 1 aromatic carbocycles. The van der Waals surface area contributed by atoms with Gasteiger partial charge in [0.25, 0.3) is 0 Å². The summed E-state index contributed by atoms with van der Waals surface area (Å²) in [5.41, 5.74) is 0.183. The van der Waals surface area contributed by atoms with E-state index in [-0.39, 0.29) is 5.56 Å². The minimum atomic E-state index is -3.78. The first-order valence-corrected chi connectivity index (χ1v) is 10.2. The van der Waals surface area contributed by atoms with Crippen LogP contribution in [0.4, 0.5) is 0 Å². The largest absolute Gasteiger partial charge is 0.493 e. The number of Topliss-reactive ketones (excluding diaryl/α,β-unsaturated/α-hetero) is 1. The van der Waals surface area contributed by atoms with E-state index in [0.29, 0.717) is 12.4 Å². The van der Waals surface area contributed by atoms with Gasteiger partial charge in [0.05, 0.1) is 23.7 Å². The van der Waals surface area contributed by atoms with Crippen molar-refractivity contribution < 1.29 is 26.4 Å². The highest BCUT2D eigenvalue weighted by Crippen LogP contribution is 2.19. The predicted octanol–water partition coefficient (Wildman–Crippen LogP) is 0.727. The molecule has 1 rings (SSSR count). The first-order chi connectivity index (χ1) is 9.64. The van der Waals surface area contributed by atoms with Gasteiger partial charge < -0.3 is 4.74 Å². The van der Waals surface area contributed by atoms with Crippen molar-refractivity contribution in [2.45, 2.75) is 6.92 Å². The van der Waals surface area contributed by atoms with Crippen LogP contribution in [0.15, 0.2) is 24.3 Å². The van der Waals surface area contributed by atoms with E-state index in [4.69, 9.17) is 4.74 Å². The minimum Gasteiger partial charge on any atom is -0.493 e. The van der Waals surface area contributed by atoms with Crippen LogP contribution in [-0.2, 0) is 19.7 Å². The molecular formula is C13H18O6S2. The van der Waals surface area contributed by atoms with Gasteiger partial charge in [-0.1, -0.05) is 12.1 Å². The Labute approximate surface area is 125 Å². The fourth-order valence-electron chi connectivity index (χ4n) is 1.61. The minimum absolute atomic E-state index is 0.183. The van der Waals surface area contributed by atoms with E-state index in [9.17, 15) is 21.6 Å². The average Bonchev–Trinajstić information content (AvgIpc) is 2.36. The highest BCUT2D eigenvalue weighted by molar-refractivity contribution is 7.95. The quantitative estimate of drug-likeness (QED) is 0.650. The van der Waals surface area contributed by atoms with Gasteiger partial charge >= 0.3 is 0 Å². The van der Waals surface area contributed by atoms with Crippen molar-refractivity contribution in [1.29, 1.82) is 0 Å². The van der Waals surface area contributed by atoms with Crippen LogP contribution in [0, 0.1) is 0 Å². The predicted molar refractivity (Wildman–Crippen MR) is 80.3 cm³/mol. The molecule has 1 aromatic rings. The fourth-order valence-corrected chi connectivity index (χ4v) is 4.53. The monoisotopic (exact) mass is 334 g/mol. The summed E-state index contributed by atoms with van der Waals surface area (Å²) in [4.78, 5) is 12.1. The number of sulfone groups is 2. The van der Waals surface area contributed by atoms with Crippen molar-refractivity contribution in [2.24, 2.45) is 0 Å². The molecule has 0 saturated heterocycles. The number of ether oxygens (including phenoxy) is 1. The molecule has 0 aliphatic carbocycles. The van der Waals surface area contributed by atoms with Crippen molar-refractivity contribution >= 4 is 25.5 Å². The lowest BCUT2D eigenvalue weighted by Gasteiger charge is -2.09. The Morgan fingerprint density at radius 2 is 1.71 bits per heavy atom. The van der Waals surface area contributed by atoms with Crippen LogP contribution in [0.1, 0.15) is 17.3 Å². The first kappa shape index (κ1) is 17.6. The Kier molecular flexibility index (Phi) is 5.91. The molecule has 0 aliphatic rings. The lowest BCUT2D eigenvalue weighted by Crippen LogP contribution is -2.23. The number of carbonyl (C=O) groups excluding carboxylic acids is 1. The highest BCUT2D eigenvalue weighted by atomic mass is 32.2. The molecule has 0 fully saturated rings. The van der Waals surface area contributed by atoms with E-state index < -0.39 is 42.7 Å². The van der Waals surface area contributed by atoms with Crippen LogP contribution in [0.3, 0.4) is 0 Å². The van der Waals surface area contributed by atoms with Gasteiger partial charge in [0.1, 0.15) is 21.3 Å². The van der Waals surface area contributed by atoms with Crippen molar-refractivity contribution in [3.63, 3.8) is 0 Å². The topological polar surface area (TPSA) is 94.6 Å². The number of hydrogen-bond donors (Lipinski definition) is 0. The number of rotatable bonds is 8. The van der Waals surface area contributed by atoms with Gasteiger partial charge in [-0.3, -0.25) is 4.79 Å². The summed E-state index contributed by atoms with van der Waals surface area (Å²) in [5.74, 6) is -2.06. The first-order valence-electron chi connectivity index (χ1n) is 6.28. The lowest BCUT2D eigenvalue weighted by atomic mass is 10.1. The summed E-state index contributed by atoms with van der Waals surface area (Å²) >= 11 is 0. The number of ketones is 1. The molecule has 0 saturated carbocycles. The van der Waals surface area contributed by atoms with E-state index >= 15 is 0 Å². The Morgan fingerprint density at radius 1 is 1.10 bits per heavy atom. The fraction of sp³-hybridized carbons (Fsp3) is 0.462. The third-order valence-electron chi connectivity index (χ3n) is 2.60. The summed E-state index contributed by atoms with van der Waals surface area (Å²) in [5, 5.41) is 0. The van der Waals surface area contributed by atoms with E-state index in [2.05, 4.69) is 0 Å². The van der Waals surface area contributed by atoms with Gasteiger partial charge in [-0.25, -0.2) is 16.8 Å². The summed E-state index contributed by atoms with van der Waals surface area (Å²) < 4.78 is 50.9. The Balaban J connectivity index is 2.86. The molecule has 8 heteroatoms. The molecule has 0 unspecified atom stereocenters. The van der Waals surface area contributed by atoms with E-state index in [1.807, 2.05) is 0 Å². The van der Waals surface area contributed by atoms with E-state index in [1.54, 1.807) is 25.1 Å². The maximum absolute atomic E-state index is 12.1. The van der Waals surface area contributed by atoms with Gasteiger partial charge in [0.15, 0.2) is 15.6 Å². The smallest absolute Gasteiger partial charge is 0.181 e. The molecule has 0 aromatic heterocycles. The van der Waals surface area contributed by atoms with Crippen LogP contribution < -0.4 is 4.74 Å². The number of para-hydroxylation sites is 1. The highest BCUT2D eigenvalue weighted by Gasteiger charge is 2.22. The van der Waals surface area contributed by atoms with E-state index in [1.165, 1.54) is 6.07 Å². The van der Waals surface area contributed by atoms with Gasteiger partial charge in [-0.05, 0) is 19.1 Å². The molecule has 0 heterocycles. The summed E-state index contributed by atoms with van der Waals surface area (Å²) in [6.07, 6.45) is 0.953. The maximum Gasteiger partial charge on any atom is 0.181 e. The van der Waals surface area contributed by atoms with Gasteiger partial charge in [-0.2, -0.15) is 0 Å². The molecule has 0 amide bonds. The van der Waals surface area contributed by atoms with Gasteiger partial charge in [0.2, 0.25) is 0 Å². The SMILES string of the molecule is CCOc1ccccc1C(=O)CS(=O)(=O)CCS(C)(=O)=O. The van der Waals surface area contributed by atoms with Gasteiger partial charge in [-0.15, -0.1) is 0 Å². The second kappa shape index (κ2) is 7.04. The molecular weight excluding hydrogens is 316 g/mol. The van der Waals surface area contributed by atoms with Crippen LogP contribution >= 0.6 is 0 Å². The normalized spacial score (nSPS) is 12.1. The Hall–Kier alpha value is -1.41. The lowest BCUT2D eigenvalue weighted by molar-refractivity contribution is 0.101. The summed E-state index contributed by atoms with van der Waals surface area (Å²) in [6, 6.07) is 6.36. The summed E-state index contributed by atoms with van der Waals surface area (Å²) in [6.45, 7) is 2.11. The molecule has 0 spiro atoms. The maximum atomic E-state index is 12.1. The van der Waals surface area contributed by atoms with Crippen molar-refractivity contribution in [3.05, 3.63) is 29.8 Å². The molecule has 21 heavy (non-hydrogen) atoms. The molecule has 0 radical (unpaired) electrons. The van der Waals surface area contributed by atoms with Crippen LogP contribution in [0.25, 0.3) is 0 Å². The molecule has 0 aliphatic heterocycles. The van der Waals surface area contributed by atoms with Crippen molar-refractivity contribution in [1.82, 2.24) is 0 Å². The van der Waals surface area contributed by atoms with Crippen molar-refractivity contribution in [2.75, 3.05) is 30.1 Å². The zero-order chi connectivity index (χ0) is 16.1. The zero-order valence-corrected chi connectivity index (χ0v) is 13.5. The van der Waals surface area contributed by atoms with E-state index in [0.717, 1.165) is 6.26 Å². The number of benzene rings is 1. The average molecular weight is 334 g/mol. The Morgan fingerprint density at radius 3 is 2.29 bits per heavy atom. The molecule has 0 atom stereocenters. The molecule has 0 bridgehead atoms. The number of carbonyl (C=O) groups is 1. The molecule has 118 valence electrons. The second-order valence-corrected chi connectivity index (χ2v) is 9.02. The summed E-state index contributed by atoms with van der Waals surface area (Å²) in [7, 11) is -7.17. The van der Waals surface area contributed by atoms with Crippen molar-refractivity contribution in [3.8, 4) is 5.75 Å². The molecule has 0 N–H and O–H groups in total. The third kappa shape index (κ3) is 6.26. The second-order valence-electron chi connectivity index (χ2n) is 4.57. The van der Waals surface area contributed by atoms with Gasteiger partial charge in [0, 0.05) is 6.26 Å². The number of hydrogen-bond acceptors (Lipinski definition) is 6. The zero-order valence-electron chi connectivity index (χ0n) is 11.9.